The third kappa shape index (κ3) is 5.98. The van der Waals surface area contributed by atoms with E-state index in [1.165, 1.54) is 19.3 Å². The zero-order valence-electron chi connectivity index (χ0n) is 15.6. The Hall–Kier alpha value is -3.61. The molecule has 0 aromatic heterocycles. The molecular formula is C21H21NO6. The maximum Gasteiger partial charge on any atom is 0.339 e. The van der Waals surface area contributed by atoms with E-state index in [0.717, 1.165) is 5.56 Å². The summed E-state index contributed by atoms with van der Waals surface area (Å²) in [5.41, 5.74) is 1.20. The average Bonchev–Trinajstić information content (AvgIpc) is 2.71. The van der Waals surface area contributed by atoms with Crippen molar-refractivity contribution in [1.29, 1.82) is 0 Å². The Labute approximate surface area is 162 Å². The minimum Gasteiger partial charge on any atom is -0.493 e. The van der Waals surface area contributed by atoms with Gasteiger partial charge in [-0.3, -0.25) is 4.79 Å². The Morgan fingerprint density at radius 3 is 2.50 bits per heavy atom. The summed E-state index contributed by atoms with van der Waals surface area (Å²) >= 11 is 0. The Kier molecular flexibility index (Phi) is 7.77. The lowest BCUT2D eigenvalue weighted by molar-refractivity contribution is -0.142. The molecule has 0 saturated heterocycles. The fraction of sp³-hybridized carbons (Fsp3) is 0.190. The van der Waals surface area contributed by atoms with Gasteiger partial charge in [0.05, 0.1) is 25.0 Å². The quantitative estimate of drug-likeness (QED) is 0.556. The highest BCUT2D eigenvalue weighted by atomic mass is 16.5. The predicted octanol–water partition coefficient (Wildman–Crippen LogP) is 3.07. The van der Waals surface area contributed by atoms with Gasteiger partial charge >= 0.3 is 11.9 Å². The molecule has 0 unspecified atom stereocenters. The van der Waals surface area contributed by atoms with E-state index in [4.69, 9.17) is 9.47 Å². The van der Waals surface area contributed by atoms with E-state index in [0.29, 0.717) is 12.4 Å². The average molecular weight is 383 g/mol. The number of hydrogen-bond acceptors (Lipinski definition) is 6. The van der Waals surface area contributed by atoms with Gasteiger partial charge in [0, 0.05) is 11.6 Å². The van der Waals surface area contributed by atoms with Gasteiger partial charge in [0.2, 0.25) is 0 Å². The number of nitrogens with one attached hydrogen (secondary N) is 1. The van der Waals surface area contributed by atoms with Gasteiger partial charge in [-0.1, -0.05) is 30.3 Å². The maximum atomic E-state index is 12.0. The van der Waals surface area contributed by atoms with Crippen LogP contribution in [0.15, 0.2) is 54.6 Å². The molecular weight excluding hydrogens is 362 g/mol. The van der Waals surface area contributed by atoms with Crippen LogP contribution in [-0.2, 0) is 19.1 Å². The number of rotatable bonds is 8. The van der Waals surface area contributed by atoms with E-state index in [-0.39, 0.29) is 11.3 Å². The summed E-state index contributed by atoms with van der Waals surface area (Å²) in [5, 5.41) is 2.52. The van der Waals surface area contributed by atoms with E-state index in [9.17, 15) is 14.4 Å². The number of carbonyl (C=O) groups excluding carboxylic acids is 3. The lowest BCUT2D eigenvalue weighted by Gasteiger charge is -2.09. The van der Waals surface area contributed by atoms with Crippen LogP contribution in [0.2, 0.25) is 0 Å². The van der Waals surface area contributed by atoms with Crippen LogP contribution in [0.5, 0.6) is 5.75 Å². The molecule has 0 atom stereocenters. The highest BCUT2D eigenvalue weighted by Crippen LogP contribution is 2.19. The Bertz CT molecular complexity index is 875. The second kappa shape index (κ2) is 10.5. The largest absolute Gasteiger partial charge is 0.493 e. The van der Waals surface area contributed by atoms with Crippen molar-refractivity contribution in [3.05, 3.63) is 65.7 Å². The van der Waals surface area contributed by atoms with Crippen LogP contribution in [0.4, 0.5) is 5.69 Å². The Balaban J connectivity index is 1.91. The first-order chi connectivity index (χ1) is 13.5. The number of methoxy groups -OCH3 is 1. The van der Waals surface area contributed by atoms with Crippen LogP contribution in [-0.4, -0.2) is 38.2 Å². The number of ether oxygens (including phenoxy) is 3. The van der Waals surface area contributed by atoms with E-state index in [2.05, 4.69) is 10.1 Å². The summed E-state index contributed by atoms with van der Waals surface area (Å²) in [6.45, 7) is 1.88. The van der Waals surface area contributed by atoms with Crippen molar-refractivity contribution >= 4 is 29.6 Å². The summed E-state index contributed by atoms with van der Waals surface area (Å²) in [5.74, 6) is -1.19. The molecule has 0 aliphatic rings. The first kappa shape index (κ1) is 20.7. The second-order valence-electron chi connectivity index (χ2n) is 5.50. The molecule has 2 aromatic carbocycles. The van der Waals surface area contributed by atoms with E-state index >= 15 is 0 Å². The minimum absolute atomic E-state index is 0.206. The van der Waals surface area contributed by atoms with Gasteiger partial charge in [-0.15, -0.1) is 0 Å². The van der Waals surface area contributed by atoms with Crippen molar-refractivity contribution in [2.75, 3.05) is 25.6 Å². The smallest absolute Gasteiger partial charge is 0.339 e. The molecule has 0 aliphatic heterocycles. The maximum absolute atomic E-state index is 12.0. The van der Waals surface area contributed by atoms with Gasteiger partial charge < -0.3 is 19.5 Å². The predicted molar refractivity (Wildman–Crippen MR) is 104 cm³/mol. The fourth-order valence-corrected chi connectivity index (χ4v) is 2.31. The molecule has 0 spiro atoms. The van der Waals surface area contributed by atoms with Crippen LogP contribution < -0.4 is 10.1 Å². The number of esters is 2. The molecule has 0 saturated carbocycles. The molecule has 7 heteroatoms. The van der Waals surface area contributed by atoms with E-state index in [1.54, 1.807) is 36.4 Å². The molecule has 0 radical (unpaired) electrons. The van der Waals surface area contributed by atoms with E-state index in [1.807, 2.05) is 19.1 Å². The van der Waals surface area contributed by atoms with Gasteiger partial charge in [-0.25, -0.2) is 9.59 Å². The number of amides is 1. The zero-order chi connectivity index (χ0) is 20.4. The van der Waals surface area contributed by atoms with Gasteiger partial charge in [0.1, 0.15) is 5.75 Å². The van der Waals surface area contributed by atoms with Crippen molar-refractivity contribution < 1.29 is 28.6 Å². The lowest BCUT2D eigenvalue weighted by Crippen LogP contribution is -2.21. The number of carbonyl (C=O) groups is 3. The van der Waals surface area contributed by atoms with Gasteiger partial charge in [-0.05, 0) is 31.2 Å². The Morgan fingerprint density at radius 1 is 1.04 bits per heavy atom. The third-order valence-corrected chi connectivity index (χ3v) is 3.57. The number of para-hydroxylation sites is 2. The molecule has 2 aromatic rings. The summed E-state index contributed by atoms with van der Waals surface area (Å²) in [7, 11) is 1.25. The van der Waals surface area contributed by atoms with Crippen molar-refractivity contribution in [1.82, 2.24) is 0 Å². The second-order valence-corrected chi connectivity index (χ2v) is 5.50. The van der Waals surface area contributed by atoms with Crippen LogP contribution in [0.25, 0.3) is 6.08 Å². The molecule has 0 fully saturated rings. The number of anilines is 1. The lowest BCUT2D eigenvalue weighted by atomic mass is 10.2. The van der Waals surface area contributed by atoms with Crippen LogP contribution in [0.1, 0.15) is 22.8 Å². The van der Waals surface area contributed by atoms with Crippen molar-refractivity contribution in [2.24, 2.45) is 0 Å². The highest BCUT2D eigenvalue weighted by Gasteiger charge is 2.14. The number of hydrogen-bond donors (Lipinski definition) is 1. The standard InChI is InChI=1S/C21H21NO6/c1-3-27-18-11-7-4-8-15(18)12-13-20(24)28-14-19(23)22-17-10-6-5-9-16(17)21(25)26-2/h4-13H,3,14H2,1-2H3,(H,22,23)/b13-12+. The molecule has 1 N–H and O–H groups in total. The molecule has 2 rings (SSSR count). The Morgan fingerprint density at radius 2 is 1.75 bits per heavy atom. The summed E-state index contributed by atoms with van der Waals surface area (Å²) in [4.78, 5) is 35.6. The molecule has 0 heterocycles. The fourth-order valence-electron chi connectivity index (χ4n) is 2.31. The summed E-state index contributed by atoms with van der Waals surface area (Å²) in [6, 6.07) is 13.6. The van der Waals surface area contributed by atoms with Crippen molar-refractivity contribution in [2.45, 2.75) is 6.92 Å². The zero-order valence-corrected chi connectivity index (χ0v) is 15.6. The van der Waals surface area contributed by atoms with Gasteiger partial charge in [0.15, 0.2) is 6.61 Å². The molecule has 1 amide bonds. The molecule has 28 heavy (non-hydrogen) atoms. The summed E-state index contributed by atoms with van der Waals surface area (Å²) < 4.78 is 15.1. The van der Waals surface area contributed by atoms with Crippen LogP contribution in [0.3, 0.4) is 0 Å². The normalized spacial score (nSPS) is 10.4. The molecule has 0 aliphatic carbocycles. The van der Waals surface area contributed by atoms with Gasteiger partial charge in [-0.2, -0.15) is 0 Å². The van der Waals surface area contributed by atoms with Gasteiger partial charge in [0.25, 0.3) is 5.91 Å². The SMILES string of the molecule is CCOc1ccccc1/C=C/C(=O)OCC(=O)Nc1ccccc1C(=O)OC. The topological polar surface area (TPSA) is 90.9 Å². The molecule has 0 bridgehead atoms. The first-order valence-electron chi connectivity index (χ1n) is 8.59. The minimum atomic E-state index is -0.678. The molecule has 7 nitrogen and oxygen atoms in total. The van der Waals surface area contributed by atoms with Crippen LogP contribution >= 0.6 is 0 Å². The van der Waals surface area contributed by atoms with Crippen molar-refractivity contribution in [3.63, 3.8) is 0 Å². The monoisotopic (exact) mass is 383 g/mol. The van der Waals surface area contributed by atoms with Crippen molar-refractivity contribution in [3.8, 4) is 5.75 Å². The van der Waals surface area contributed by atoms with E-state index < -0.39 is 24.5 Å². The first-order valence-corrected chi connectivity index (χ1v) is 8.59. The molecule has 146 valence electrons. The van der Waals surface area contributed by atoms with Crippen LogP contribution in [0, 0.1) is 0 Å². The number of benzene rings is 2. The summed E-state index contributed by atoms with van der Waals surface area (Å²) in [6.07, 6.45) is 2.77. The highest BCUT2D eigenvalue weighted by molar-refractivity contribution is 6.02. The third-order valence-electron chi connectivity index (χ3n) is 3.57.